The smallest absolute Gasteiger partial charge is 0.303 e. The number of carbonyl (C=O) groups excluding carboxylic acids is 2. The quantitative estimate of drug-likeness (QED) is 0.292. The minimum absolute atomic E-state index is 0.0476. The predicted octanol–water partition coefficient (Wildman–Crippen LogP) is 3.31. The summed E-state index contributed by atoms with van der Waals surface area (Å²) in [5.74, 6) is -3.58. The van der Waals surface area contributed by atoms with Crippen molar-refractivity contribution < 1.29 is 32.7 Å². The van der Waals surface area contributed by atoms with Gasteiger partial charge in [0.1, 0.15) is 29.7 Å². The number of hydrogen-bond donors (Lipinski definition) is 2. The van der Waals surface area contributed by atoms with Crippen LogP contribution in [0.15, 0.2) is 36.7 Å². The largest absolute Gasteiger partial charge is 0.481 e. The molecule has 0 aliphatic carbocycles. The van der Waals surface area contributed by atoms with E-state index in [-0.39, 0.29) is 60.0 Å². The van der Waals surface area contributed by atoms with Crippen LogP contribution in [0, 0.1) is 11.6 Å². The van der Waals surface area contributed by atoms with Crippen molar-refractivity contribution in [2.75, 3.05) is 18.0 Å². The van der Waals surface area contributed by atoms with Crippen LogP contribution in [0.25, 0.3) is 22.3 Å². The number of hydrogen-bond acceptors (Lipinski definition) is 7. The number of pyridine rings is 2. The van der Waals surface area contributed by atoms with Crippen LogP contribution in [0.1, 0.15) is 34.3 Å². The lowest BCUT2D eigenvalue weighted by Gasteiger charge is -2.35. The molecule has 3 N–H and O–H groups in total. The molecule has 0 radical (unpaired) electrons. The lowest BCUT2D eigenvalue weighted by atomic mass is 10.0. The third kappa shape index (κ3) is 5.11. The monoisotopic (exact) mass is 613 g/mol. The second-order valence-electron chi connectivity index (χ2n) is 10.4. The molecule has 2 aliphatic heterocycles. The number of alkyl halides is 1. The van der Waals surface area contributed by atoms with Gasteiger partial charge in [-0.1, -0.05) is 17.7 Å². The van der Waals surface area contributed by atoms with Crippen molar-refractivity contribution in [3.05, 3.63) is 70.0 Å². The Labute approximate surface area is 246 Å². The number of aliphatic carboxylic acids is 1. The molecule has 1 saturated heterocycles. The van der Waals surface area contributed by atoms with E-state index in [1.165, 1.54) is 23.0 Å². The van der Waals surface area contributed by atoms with Crippen LogP contribution in [0.3, 0.4) is 0 Å². The molecule has 4 aromatic rings. The van der Waals surface area contributed by atoms with Gasteiger partial charge in [-0.15, -0.1) is 0 Å². The number of carboxylic acid groups (broad SMARTS) is 1. The van der Waals surface area contributed by atoms with Crippen molar-refractivity contribution in [1.29, 1.82) is 0 Å². The first-order valence-electron chi connectivity index (χ1n) is 13.2. The van der Waals surface area contributed by atoms with Crippen LogP contribution < -0.4 is 10.6 Å². The van der Waals surface area contributed by atoms with Crippen LogP contribution in [0.2, 0.25) is 5.02 Å². The molecule has 2 amide bonds. The second-order valence-corrected chi connectivity index (χ2v) is 10.8. The van der Waals surface area contributed by atoms with Gasteiger partial charge in [0, 0.05) is 34.1 Å². The molecule has 0 bridgehead atoms. The van der Waals surface area contributed by atoms with E-state index >= 15 is 4.39 Å². The number of primary amides is 1. The predicted molar refractivity (Wildman–Crippen MR) is 148 cm³/mol. The highest BCUT2D eigenvalue weighted by molar-refractivity contribution is 6.33. The van der Waals surface area contributed by atoms with Crippen molar-refractivity contribution >= 4 is 46.2 Å². The number of nitrogens with two attached hydrogens (primary N) is 1. The molecule has 1 atom stereocenters. The van der Waals surface area contributed by atoms with E-state index in [0.717, 1.165) is 17.2 Å². The molecule has 0 saturated carbocycles. The summed E-state index contributed by atoms with van der Waals surface area (Å²) in [7, 11) is 0. The number of benzene rings is 1. The summed E-state index contributed by atoms with van der Waals surface area (Å²) >= 11 is 6.32. The van der Waals surface area contributed by atoms with Crippen molar-refractivity contribution in [3.8, 4) is 11.3 Å². The van der Waals surface area contributed by atoms with E-state index in [9.17, 15) is 23.2 Å². The van der Waals surface area contributed by atoms with Crippen LogP contribution in [-0.2, 0) is 22.7 Å². The van der Waals surface area contributed by atoms with Crippen LogP contribution >= 0.6 is 11.6 Å². The zero-order chi connectivity index (χ0) is 30.6. The van der Waals surface area contributed by atoms with Gasteiger partial charge in [0.2, 0.25) is 5.91 Å². The molecule has 6 rings (SSSR count). The van der Waals surface area contributed by atoms with Crippen LogP contribution in [0.5, 0.6) is 0 Å². The van der Waals surface area contributed by atoms with Crippen LogP contribution in [-0.4, -0.2) is 72.8 Å². The van der Waals surface area contributed by atoms with Gasteiger partial charge in [-0.3, -0.25) is 19.4 Å². The first kappa shape index (κ1) is 28.4. The third-order valence-corrected chi connectivity index (χ3v) is 7.91. The number of carbonyl (C=O) groups is 3. The number of fused-ring (bicyclic) bond motifs is 2. The van der Waals surface area contributed by atoms with Crippen molar-refractivity contribution in [1.82, 2.24) is 24.6 Å². The highest BCUT2D eigenvalue weighted by Crippen LogP contribution is 2.36. The Morgan fingerprint density at radius 1 is 1.16 bits per heavy atom. The van der Waals surface area contributed by atoms with E-state index in [4.69, 9.17) is 22.4 Å². The molecule has 222 valence electrons. The summed E-state index contributed by atoms with van der Waals surface area (Å²) in [6, 6.07) is 4.43. The van der Waals surface area contributed by atoms with E-state index in [2.05, 4.69) is 15.1 Å². The first-order chi connectivity index (χ1) is 20.5. The number of amides is 2. The molecule has 43 heavy (non-hydrogen) atoms. The topological polar surface area (TPSA) is 148 Å². The number of nitrogens with zero attached hydrogens (tertiary/aromatic N) is 6. The Bertz CT molecular complexity index is 1810. The second kappa shape index (κ2) is 10.8. The Morgan fingerprint density at radius 2 is 1.93 bits per heavy atom. The Morgan fingerprint density at radius 3 is 2.60 bits per heavy atom. The Kier molecular flexibility index (Phi) is 7.16. The normalized spacial score (nSPS) is 15.6. The molecular formula is C28H23ClF3N7O4. The fourth-order valence-corrected chi connectivity index (χ4v) is 5.66. The molecular weight excluding hydrogens is 591 g/mol. The number of aromatic nitrogens is 4. The molecule has 11 nitrogen and oxygen atoms in total. The average Bonchev–Trinajstić information content (AvgIpc) is 3.49. The zero-order valence-electron chi connectivity index (χ0n) is 22.3. The van der Waals surface area contributed by atoms with Crippen molar-refractivity contribution in [2.24, 2.45) is 5.73 Å². The molecule has 15 heteroatoms. The molecule has 1 aromatic carbocycles. The highest BCUT2D eigenvalue weighted by atomic mass is 35.5. The third-order valence-electron chi connectivity index (χ3n) is 7.62. The first-order valence-corrected chi connectivity index (χ1v) is 13.6. The lowest BCUT2D eigenvalue weighted by molar-refractivity contribution is -0.137. The standard InChI is InChI=1S/C28H23ClF3N7O4/c29-20-5-14(30)7-34-25(20)17-6-22(37-10-15(31)11-37)36-27-18(17)8-35-39(27)9-13-1-2-16-19(24(13)32)12-38(28(16)43)21(26(33)42)3-4-23(40)41/h1-2,5-8,15,21H,3-4,9-12H2,(H2,33,42)(H,40,41)/t21-/m0/s1. The summed E-state index contributed by atoms with van der Waals surface area (Å²) in [4.78, 5) is 47.7. The lowest BCUT2D eigenvalue weighted by Crippen LogP contribution is -2.48. The minimum Gasteiger partial charge on any atom is -0.481 e. The van der Waals surface area contributed by atoms with Crippen molar-refractivity contribution in [2.45, 2.75) is 38.1 Å². The highest BCUT2D eigenvalue weighted by Gasteiger charge is 2.38. The van der Waals surface area contributed by atoms with Gasteiger partial charge >= 0.3 is 5.97 Å². The molecule has 0 spiro atoms. The average molecular weight is 614 g/mol. The van der Waals surface area contributed by atoms with Gasteiger partial charge in [0.05, 0.1) is 49.3 Å². The summed E-state index contributed by atoms with van der Waals surface area (Å²) < 4.78 is 44.8. The summed E-state index contributed by atoms with van der Waals surface area (Å²) in [6.07, 6.45) is 0.898. The van der Waals surface area contributed by atoms with E-state index in [1.807, 2.05) is 0 Å². The van der Waals surface area contributed by atoms with Crippen molar-refractivity contribution in [3.63, 3.8) is 0 Å². The molecule has 5 heterocycles. The van der Waals surface area contributed by atoms with Gasteiger partial charge in [0.25, 0.3) is 5.91 Å². The molecule has 3 aromatic heterocycles. The van der Waals surface area contributed by atoms with Crippen LogP contribution in [0.4, 0.5) is 19.0 Å². The summed E-state index contributed by atoms with van der Waals surface area (Å²) in [5.41, 5.74) is 6.77. The number of carboxylic acids is 1. The number of rotatable bonds is 9. The maximum atomic E-state index is 15.9. The fraction of sp³-hybridized carbons (Fsp3) is 0.286. The van der Waals surface area contributed by atoms with E-state index in [1.54, 1.807) is 11.0 Å². The van der Waals surface area contributed by atoms with Gasteiger partial charge in [-0.2, -0.15) is 5.10 Å². The molecule has 2 aliphatic rings. The van der Waals surface area contributed by atoms with Gasteiger partial charge < -0.3 is 20.6 Å². The van der Waals surface area contributed by atoms with Gasteiger partial charge in [0.15, 0.2) is 5.65 Å². The number of anilines is 1. The summed E-state index contributed by atoms with van der Waals surface area (Å²) in [5, 5.41) is 14.0. The maximum absolute atomic E-state index is 15.9. The SMILES string of the molecule is NC(=O)[C@H](CCC(=O)O)N1Cc2c(ccc(Cn3ncc4c(-c5ncc(F)cc5Cl)cc(N5CC(F)C5)nc43)c2F)C1=O. The van der Waals surface area contributed by atoms with Gasteiger partial charge in [-0.05, 0) is 24.6 Å². The minimum atomic E-state index is -1.22. The van der Waals surface area contributed by atoms with E-state index < -0.39 is 48.1 Å². The molecule has 0 unspecified atom stereocenters. The Hall–Kier alpha value is -4.72. The van der Waals surface area contributed by atoms with Gasteiger partial charge in [-0.25, -0.2) is 22.8 Å². The Balaban J connectivity index is 1.36. The zero-order valence-corrected chi connectivity index (χ0v) is 23.1. The maximum Gasteiger partial charge on any atom is 0.303 e. The molecule has 1 fully saturated rings. The fourth-order valence-electron chi connectivity index (χ4n) is 5.40. The van der Waals surface area contributed by atoms with E-state index in [0.29, 0.717) is 22.4 Å². The summed E-state index contributed by atoms with van der Waals surface area (Å²) in [6.45, 7) is -0.123. The number of halogens is 4.